The Balaban J connectivity index is 1.80. The molecule has 21 heavy (non-hydrogen) atoms. The van der Waals surface area contributed by atoms with Gasteiger partial charge in [-0.25, -0.2) is 0 Å². The lowest BCUT2D eigenvalue weighted by Gasteiger charge is -2.29. The van der Waals surface area contributed by atoms with E-state index >= 15 is 0 Å². The van der Waals surface area contributed by atoms with E-state index in [9.17, 15) is 4.79 Å². The monoisotopic (exact) mass is 353 g/mol. The number of aromatic amines is 1. The van der Waals surface area contributed by atoms with Gasteiger partial charge < -0.3 is 4.90 Å². The van der Waals surface area contributed by atoms with Gasteiger partial charge in [-0.3, -0.25) is 9.89 Å². The molecule has 0 spiro atoms. The van der Waals surface area contributed by atoms with Crippen LogP contribution in [0.25, 0.3) is 0 Å². The highest BCUT2D eigenvalue weighted by Crippen LogP contribution is 2.37. The summed E-state index contributed by atoms with van der Waals surface area (Å²) in [6, 6.07) is 0.436. The van der Waals surface area contributed by atoms with Gasteiger partial charge in [0.05, 0.1) is 10.2 Å². The Morgan fingerprint density at radius 1 is 1.29 bits per heavy atom. The van der Waals surface area contributed by atoms with Crippen molar-refractivity contribution >= 4 is 21.8 Å². The van der Waals surface area contributed by atoms with E-state index in [1.807, 2.05) is 0 Å². The van der Waals surface area contributed by atoms with Gasteiger partial charge in [-0.15, -0.1) is 0 Å². The fourth-order valence-electron chi connectivity index (χ4n) is 3.88. The molecule has 1 saturated heterocycles. The second kappa shape index (κ2) is 6.11. The molecule has 3 rings (SSSR count). The van der Waals surface area contributed by atoms with Gasteiger partial charge in [0.2, 0.25) is 0 Å². The van der Waals surface area contributed by atoms with Crippen molar-refractivity contribution in [3.05, 3.63) is 15.9 Å². The molecule has 4 nitrogen and oxygen atoms in total. The first-order chi connectivity index (χ1) is 10.1. The van der Waals surface area contributed by atoms with Crippen molar-refractivity contribution in [2.24, 2.45) is 5.92 Å². The number of hydrogen-bond donors (Lipinski definition) is 1. The van der Waals surface area contributed by atoms with Gasteiger partial charge in [0, 0.05) is 12.6 Å². The summed E-state index contributed by atoms with van der Waals surface area (Å²) >= 11 is 3.56. The number of nitrogens with zero attached hydrogens (tertiary/aromatic N) is 2. The summed E-state index contributed by atoms with van der Waals surface area (Å²) in [7, 11) is 0. The molecule has 1 aromatic heterocycles. The largest absolute Gasteiger partial charge is 0.334 e. The molecule has 2 fully saturated rings. The van der Waals surface area contributed by atoms with Gasteiger partial charge in [-0.1, -0.05) is 26.7 Å². The molecule has 1 N–H and O–H groups in total. The molecule has 0 aromatic carbocycles. The third kappa shape index (κ3) is 2.77. The summed E-state index contributed by atoms with van der Waals surface area (Å²) < 4.78 is 0.847. The topological polar surface area (TPSA) is 49.0 Å². The number of halogens is 1. The van der Waals surface area contributed by atoms with Gasteiger partial charge in [0.1, 0.15) is 0 Å². The van der Waals surface area contributed by atoms with E-state index in [4.69, 9.17) is 0 Å². The maximum absolute atomic E-state index is 12.9. The van der Waals surface area contributed by atoms with E-state index < -0.39 is 0 Å². The predicted octanol–water partition coefficient (Wildman–Crippen LogP) is 4.09. The van der Waals surface area contributed by atoms with Crippen LogP contribution in [-0.2, 0) is 0 Å². The Bertz CT molecular complexity index is 520. The van der Waals surface area contributed by atoms with Crippen LogP contribution in [0.2, 0.25) is 0 Å². The molecule has 1 aliphatic heterocycles. The lowest BCUT2D eigenvalue weighted by Crippen LogP contribution is -2.39. The SMILES string of the molecule is CC(C)c1[nH]nc(C(=O)N2CCCC2C2CCCC2)c1Br. The van der Waals surface area contributed by atoms with E-state index in [1.165, 1.54) is 25.7 Å². The third-order valence-electron chi connectivity index (χ3n) is 5.02. The molecule has 0 radical (unpaired) electrons. The normalized spacial score (nSPS) is 23.4. The number of rotatable bonds is 3. The number of H-pyrrole nitrogens is 1. The maximum atomic E-state index is 12.9. The summed E-state index contributed by atoms with van der Waals surface area (Å²) in [5.74, 6) is 1.13. The average Bonchev–Trinajstić information content (AvgIpc) is 3.17. The van der Waals surface area contributed by atoms with Crippen molar-refractivity contribution < 1.29 is 4.79 Å². The van der Waals surface area contributed by atoms with E-state index in [1.54, 1.807) is 0 Å². The lowest BCUT2D eigenvalue weighted by molar-refractivity contribution is 0.0682. The number of aromatic nitrogens is 2. The molecule has 1 aromatic rings. The van der Waals surface area contributed by atoms with Crippen LogP contribution >= 0.6 is 15.9 Å². The van der Waals surface area contributed by atoms with Crippen LogP contribution in [-0.4, -0.2) is 33.6 Å². The number of carbonyl (C=O) groups excluding carboxylic acids is 1. The first kappa shape index (κ1) is 15.1. The minimum Gasteiger partial charge on any atom is -0.334 e. The summed E-state index contributed by atoms with van der Waals surface area (Å²) in [5.41, 5.74) is 1.57. The summed E-state index contributed by atoms with van der Waals surface area (Å²) in [5, 5.41) is 7.30. The van der Waals surface area contributed by atoms with Crippen molar-refractivity contribution in [2.75, 3.05) is 6.54 Å². The summed E-state index contributed by atoms with van der Waals surface area (Å²) in [6.45, 7) is 5.09. The quantitative estimate of drug-likeness (QED) is 0.889. The number of amides is 1. The van der Waals surface area contributed by atoms with Crippen molar-refractivity contribution in [3.8, 4) is 0 Å². The van der Waals surface area contributed by atoms with Gasteiger partial charge in [-0.05, 0) is 53.4 Å². The molecule has 116 valence electrons. The third-order valence-corrected chi connectivity index (χ3v) is 5.82. The number of nitrogens with one attached hydrogen (secondary N) is 1. The Hall–Kier alpha value is -0.840. The van der Waals surface area contributed by atoms with E-state index in [-0.39, 0.29) is 5.91 Å². The van der Waals surface area contributed by atoms with E-state index in [2.05, 4.69) is 44.9 Å². The molecule has 2 aliphatic rings. The lowest BCUT2D eigenvalue weighted by atomic mass is 9.96. The molecule has 1 unspecified atom stereocenters. The molecule has 1 amide bonds. The second-order valence-corrected chi connectivity index (χ2v) is 7.50. The standard InChI is InChI=1S/C16H24BrN3O/c1-10(2)14-13(17)15(19-18-14)16(21)20-9-5-8-12(20)11-6-3-4-7-11/h10-12H,3-9H2,1-2H3,(H,18,19). The molecule has 1 atom stereocenters. The van der Waals surface area contributed by atoms with Gasteiger partial charge >= 0.3 is 0 Å². The zero-order valence-electron chi connectivity index (χ0n) is 12.9. The Morgan fingerprint density at radius 3 is 2.62 bits per heavy atom. The minimum atomic E-state index is 0.0967. The highest BCUT2D eigenvalue weighted by atomic mass is 79.9. The second-order valence-electron chi connectivity index (χ2n) is 6.71. The Kier molecular flexibility index (Phi) is 4.38. The van der Waals surface area contributed by atoms with Crippen LogP contribution < -0.4 is 0 Å². The molecule has 0 bridgehead atoms. The summed E-state index contributed by atoms with van der Waals surface area (Å²) in [6.07, 6.45) is 7.52. The Labute approximate surface area is 134 Å². The number of carbonyl (C=O) groups is 1. The van der Waals surface area contributed by atoms with E-state index in [0.717, 1.165) is 29.6 Å². The molecular weight excluding hydrogens is 330 g/mol. The van der Waals surface area contributed by atoms with Crippen LogP contribution in [0, 0.1) is 5.92 Å². The molecular formula is C16H24BrN3O. The highest BCUT2D eigenvalue weighted by Gasteiger charge is 2.37. The fraction of sp³-hybridized carbons (Fsp3) is 0.750. The van der Waals surface area contributed by atoms with Crippen molar-refractivity contribution in [2.45, 2.75) is 64.3 Å². The number of hydrogen-bond acceptors (Lipinski definition) is 2. The maximum Gasteiger partial charge on any atom is 0.275 e. The minimum absolute atomic E-state index is 0.0967. The van der Waals surface area contributed by atoms with Crippen molar-refractivity contribution in [3.63, 3.8) is 0 Å². The molecule has 5 heteroatoms. The summed E-state index contributed by atoms with van der Waals surface area (Å²) in [4.78, 5) is 15.0. The van der Waals surface area contributed by atoms with Gasteiger partial charge in [-0.2, -0.15) is 5.10 Å². The first-order valence-corrected chi connectivity index (χ1v) is 8.93. The van der Waals surface area contributed by atoms with Gasteiger partial charge in [0.25, 0.3) is 5.91 Å². The van der Waals surface area contributed by atoms with Crippen LogP contribution in [0.15, 0.2) is 4.47 Å². The van der Waals surface area contributed by atoms with Crippen LogP contribution in [0.1, 0.15) is 74.5 Å². The smallest absolute Gasteiger partial charge is 0.275 e. The van der Waals surface area contributed by atoms with Crippen LogP contribution in [0.5, 0.6) is 0 Å². The zero-order valence-corrected chi connectivity index (χ0v) is 14.4. The van der Waals surface area contributed by atoms with E-state index in [0.29, 0.717) is 23.6 Å². The molecule has 1 aliphatic carbocycles. The van der Waals surface area contributed by atoms with Crippen LogP contribution in [0.4, 0.5) is 0 Å². The fourth-order valence-corrected chi connectivity index (χ4v) is 4.68. The average molecular weight is 354 g/mol. The van der Waals surface area contributed by atoms with Crippen LogP contribution in [0.3, 0.4) is 0 Å². The zero-order chi connectivity index (χ0) is 15.0. The molecule has 1 saturated carbocycles. The highest BCUT2D eigenvalue weighted by molar-refractivity contribution is 9.10. The Morgan fingerprint density at radius 2 is 2.00 bits per heavy atom. The predicted molar refractivity (Wildman–Crippen MR) is 86.4 cm³/mol. The van der Waals surface area contributed by atoms with Crippen molar-refractivity contribution in [1.29, 1.82) is 0 Å². The van der Waals surface area contributed by atoms with Gasteiger partial charge in [0.15, 0.2) is 5.69 Å². The number of likely N-dealkylation sites (tertiary alicyclic amines) is 1. The first-order valence-electron chi connectivity index (χ1n) is 8.14. The molecule has 2 heterocycles. The van der Waals surface area contributed by atoms with Crippen molar-refractivity contribution in [1.82, 2.24) is 15.1 Å².